The second-order valence-corrected chi connectivity index (χ2v) is 5.37. The fraction of sp³-hybridized carbons (Fsp3) is 0.667. The van der Waals surface area contributed by atoms with E-state index in [1.54, 1.807) is 19.4 Å². The molecule has 2 unspecified atom stereocenters. The highest BCUT2D eigenvalue weighted by molar-refractivity contribution is 5.21. The molecule has 0 radical (unpaired) electrons. The molecular weight excluding hydrogens is 270 g/mol. The molecule has 3 N–H and O–H groups in total. The Balaban J connectivity index is 2.01. The Morgan fingerprint density at radius 3 is 2.71 bits per heavy atom. The van der Waals surface area contributed by atoms with E-state index in [0.717, 1.165) is 25.2 Å². The summed E-state index contributed by atoms with van der Waals surface area (Å²) in [5.74, 6) is 0.533. The maximum atomic E-state index is 10.6. The van der Waals surface area contributed by atoms with Crippen molar-refractivity contribution in [3.63, 3.8) is 0 Å². The number of rotatable bonds is 8. The van der Waals surface area contributed by atoms with Gasteiger partial charge in [0.25, 0.3) is 0 Å². The maximum absolute atomic E-state index is 10.6. The summed E-state index contributed by atoms with van der Waals surface area (Å²) < 4.78 is 5.03. The van der Waals surface area contributed by atoms with Crippen molar-refractivity contribution in [2.24, 2.45) is 0 Å². The van der Waals surface area contributed by atoms with Crippen LogP contribution in [0.3, 0.4) is 0 Å². The van der Waals surface area contributed by atoms with E-state index in [1.165, 1.54) is 12.8 Å². The number of hydrogen-bond donors (Lipinski definition) is 3. The highest BCUT2D eigenvalue weighted by atomic mass is 16.5. The summed E-state index contributed by atoms with van der Waals surface area (Å²) in [5, 5.41) is 22.8. The molecule has 2 rings (SSSR count). The van der Waals surface area contributed by atoms with Crippen molar-refractivity contribution in [2.75, 3.05) is 39.9 Å². The summed E-state index contributed by atoms with van der Waals surface area (Å²) in [5.41, 5.74) is 0.755. The molecule has 0 amide bonds. The van der Waals surface area contributed by atoms with Gasteiger partial charge in [0.15, 0.2) is 0 Å². The predicted octanol–water partition coefficient (Wildman–Crippen LogP) is 0.170. The number of likely N-dealkylation sites (tertiary alicyclic amines) is 1. The van der Waals surface area contributed by atoms with E-state index in [-0.39, 0.29) is 12.6 Å². The first-order valence-electron chi connectivity index (χ1n) is 7.49. The van der Waals surface area contributed by atoms with Crippen LogP contribution in [-0.2, 0) is 0 Å². The molecule has 0 aromatic carbocycles. The molecule has 0 spiro atoms. The molecule has 0 saturated carbocycles. The van der Waals surface area contributed by atoms with Crippen molar-refractivity contribution in [3.05, 3.63) is 23.9 Å². The molecule has 1 aliphatic heterocycles. The topological polar surface area (TPSA) is 77.9 Å². The van der Waals surface area contributed by atoms with Crippen LogP contribution in [0.25, 0.3) is 0 Å². The third kappa shape index (κ3) is 4.64. The molecular formula is C15H25N3O3. The maximum Gasteiger partial charge on any atom is 0.212 e. The van der Waals surface area contributed by atoms with Crippen molar-refractivity contribution >= 4 is 0 Å². The van der Waals surface area contributed by atoms with Crippen LogP contribution in [0.15, 0.2) is 18.3 Å². The van der Waals surface area contributed by atoms with Gasteiger partial charge in [-0.2, -0.15) is 0 Å². The SMILES string of the molecule is COc1ccc(C(O)C(CN2CCCC2)NCCO)cn1. The summed E-state index contributed by atoms with van der Waals surface area (Å²) in [6.07, 6.45) is 3.41. The van der Waals surface area contributed by atoms with Crippen molar-refractivity contribution in [1.82, 2.24) is 15.2 Å². The van der Waals surface area contributed by atoms with Gasteiger partial charge in [0, 0.05) is 30.9 Å². The van der Waals surface area contributed by atoms with Crippen LogP contribution in [0, 0.1) is 0 Å². The number of pyridine rings is 1. The highest BCUT2D eigenvalue weighted by Gasteiger charge is 2.24. The van der Waals surface area contributed by atoms with Crippen LogP contribution in [-0.4, -0.2) is 66.0 Å². The van der Waals surface area contributed by atoms with Gasteiger partial charge in [0.1, 0.15) is 0 Å². The van der Waals surface area contributed by atoms with Crippen LogP contribution in [0.5, 0.6) is 5.88 Å². The van der Waals surface area contributed by atoms with Gasteiger partial charge in [0.2, 0.25) is 5.88 Å². The molecule has 1 saturated heterocycles. The number of ether oxygens (including phenoxy) is 1. The van der Waals surface area contributed by atoms with E-state index in [0.29, 0.717) is 12.4 Å². The van der Waals surface area contributed by atoms with Crippen LogP contribution in [0.1, 0.15) is 24.5 Å². The first kappa shape index (κ1) is 16.2. The average molecular weight is 295 g/mol. The van der Waals surface area contributed by atoms with Crippen LogP contribution in [0.2, 0.25) is 0 Å². The Morgan fingerprint density at radius 2 is 2.14 bits per heavy atom. The third-order valence-electron chi connectivity index (χ3n) is 3.86. The molecule has 1 aromatic heterocycles. The summed E-state index contributed by atoms with van der Waals surface area (Å²) in [4.78, 5) is 6.48. The number of aliphatic hydroxyl groups excluding tert-OH is 2. The highest BCUT2D eigenvalue weighted by Crippen LogP contribution is 2.20. The van der Waals surface area contributed by atoms with Gasteiger partial charge in [-0.05, 0) is 32.0 Å². The largest absolute Gasteiger partial charge is 0.481 e. The minimum absolute atomic E-state index is 0.0596. The van der Waals surface area contributed by atoms with Crippen molar-refractivity contribution in [2.45, 2.75) is 25.0 Å². The molecule has 21 heavy (non-hydrogen) atoms. The number of nitrogens with zero attached hydrogens (tertiary/aromatic N) is 2. The Labute approximate surface area is 125 Å². The predicted molar refractivity (Wildman–Crippen MR) is 80.3 cm³/mol. The summed E-state index contributed by atoms with van der Waals surface area (Å²) in [7, 11) is 1.57. The zero-order valence-electron chi connectivity index (χ0n) is 12.5. The van der Waals surface area contributed by atoms with Crippen LogP contribution in [0.4, 0.5) is 0 Å². The van der Waals surface area contributed by atoms with Gasteiger partial charge in [0.05, 0.1) is 25.9 Å². The molecule has 118 valence electrons. The summed E-state index contributed by atoms with van der Waals surface area (Å²) in [6.45, 7) is 3.45. The Hall–Kier alpha value is -1.21. The second-order valence-electron chi connectivity index (χ2n) is 5.37. The molecule has 2 atom stereocenters. The van der Waals surface area contributed by atoms with Crippen molar-refractivity contribution in [1.29, 1.82) is 0 Å². The monoisotopic (exact) mass is 295 g/mol. The lowest BCUT2D eigenvalue weighted by molar-refractivity contribution is 0.103. The minimum Gasteiger partial charge on any atom is -0.481 e. The van der Waals surface area contributed by atoms with E-state index in [9.17, 15) is 5.11 Å². The smallest absolute Gasteiger partial charge is 0.212 e. The molecule has 6 nitrogen and oxygen atoms in total. The molecule has 1 aliphatic rings. The zero-order chi connectivity index (χ0) is 15.1. The van der Waals surface area contributed by atoms with Crippen molar-refractivity contribution < 1.29 is 14.9 Å². The number of methoxy groups -OCH3 is 1. The summed E-state index contributed by atoms with van der Waals surface area (Å²) >= 11 is 0. The molecule has 0 aliphatic carbocycles. The Kier molecular flexibility index (Phi) is 6.38. The minimum atomic E-state index is -0.657. The van der Waals surface area contributed by atoms with E-state index >= 15 is 0 Å². The Bertz CT molecular complexity index is 407. The van der Waals surface area contributed by atoms with Crippen molar-refractivity contribution in [3.8, 4) is 5.88 Å². The quantitative estimate of drug-likeness (QED) is 0.634. The van der Waals surface area contributed by atoms with E-state index < -0.39 is 6.10 Å². The molecule has 0 bridgehead atoms. The second kappa shape index (κ2) is 8.29. The van der Waals surface area contributed by atoms with E-state index in [2.05, 4.69) is 15.2 Å². The third-order valence-corrected chi connectivity index (χ3v) is 3.86. The standard InChI is InChI=1S/C15H25N3O3/c1-21-14-5-4-12(10-17-14)15(20)13(16-6-9-19)11-18-7-2-3-8-18/h4-5,10,13,15-16,19-20H,2-3,6-9,11H2,1H3. The lowest BCUT2D eigenvalue weighted by atomic mass is 10.0. The number of aromatic nitrogens is 1. The van der Waals surface area contributed by atoms with Crippen LogP contribution < -0.4 is 10.1 Å². The lowest BCUT2D eigenvalue weighted by Crippen LogP contribution is -2.45. The van der Waals surface area contributed by atoms with Gasteiger partial charge >= 0.3 is 0 Å². The first-order valence-corrected chi connectivity index (χ1v) is 7.49. The van der Waals surface area contributed by atoms with Gasteiger partial charge in [-0.1, -0.05) is 0 Å². The van der Waals surface area contributed by atoms with E-state index in [1.807, 2.05) is 6.07 Å². The van der Waals surface area contributed by atoms with Crippen LogP contribution >= 0.6 is 0 Å². The van der Waals surface area contributed by atoms with Gasteiger partial charge in [-0.25, -0.2) is 4.98 Å². The Morgan fingerprint density at radius 1 is 1.38 bits per heavy atom. The first-order chi connectivity index (χ1) is 10.2. The fourth-order valence-corrected chi connectivity index (χ4v) is 2.69. The molecule has 1 fully saturated rings. The number of aliphatic hydroxyl groups is 2. The number of hydrogen-bond acceptors (Lipinski definition) is 6. The number of nitrogens with one attached hydrogen (secondary N) is 1. The van der Waals surface area contributed by atoms with E-state index in [4.69, 9.17) is 9.84 Å². The molecule has 2 heterocycles. The zero-order valence-corrected chi connectivity index (χ0v) is 12.5. The summed E-state index contributed by atoms with van der Waals surface area (Å²) in [6, 6.07) is 3.46. The fourth-order valence-electron chi connectivity index (χ4n) is 2.69. The van der Waals surface area contributed by atoms with Gasteiger partial charge in [-0.3, -0.25) is 0 Å². The normalized spacial score (nSPS) is 18.6. The average Bonchev–Trinajstić information content (AvgIpc) is 3.04. The van der Waals surface area contributed by atoms with Gasteiger partial charge in [-0.15, -0.1) is 0 Å². The molecule has 6 heteroatoms. The van der Waals surface area contributed by atoms with Gasteiger partial charge < -0.3 is 25.2 Å². The molecule has 1 aromatic rings. The lowest BCUT2D eigenvalue weighted by Gasteiger charge is -2.28.